The number of phenolic OH excluding ortho intramolecular Hbond substituents is 1. The monoisotopic (exact) mass is 947 g/mol. The van der Waals surface area contributed by atoms with E-state index >= 15 is 0 Å². The van der Waals surface area contributed by atoms with Gasteiger partial charge in [0.1, 0.15) is 5.75 Å². The van der Waals surface area contributed by atoms with Gasteiger partial charge < -0.3 is 9.67 Å². The molecule has 0 aliphatic heterocycles. The minimum Gasteiger partial charge on any atom is -0.507 e. The van der Waals surface area contributed by atoms with Crippen molar-refractivity contribution >= 4 is 21.8 Å². The van der Waals surface area contributed by atoms with E-state index < -0.39 is 0 Å². The third-order valence-electron chi connectivity index (χ3n) is 11.1. The Morgan fingerprint density at radius 3 is 1.88 bits per heavy atom. The van der Waals surface area contributed by atoms with Crippen LogP contribution in [0.4, 0.5) is 0 Å². The molecule has 4 nitrogen and oxygen atoms in total. The zero-order chi connectivity index (χ0) is 40.2. The third-order valence-corrected chi connectivity index (χ3v) is 11.1. The SMILES string of the molecule is CC(C)(C)c1cc(-c2cc(-c3[c-]c(-c4ncccc4-c4ccc5c(c4)c4ccccc4n5-c4ccccc4)ccc3)nc(-c3ccccc3O)c2)cc(C(C)(C)C)c1.[Pt]. The van der Waals surface area contributed by atoms with Crippen LogP contribution in [0, 0.1) is 6.07 Å². The summed E-state index contributed by atoms with van der Waals surface area (Å²) in [5, 5.41) is 13.4. The number of hydrogen-bond donors (Lipinski definition) is 1. The van der Waals surface area contributed by atoms with Gasteiger partial charge in [-0.2, -0.15) is 0 Å². The maximum atomic E-state index is 11.0. The summed E-state index contributed by atoms with van der Waals surface area (Å²) in [5.41, 5.74) is 14.9. The van der Waals surface area contributed by atoms with Gasteiger partial charge in [0, 0.05) is 60.7 Å². The molecule has 0 saturated heterocycles. The second-order valence-electron chi connectivity index (χ2n) is 17.2. The van der Waals surface area contributed by atoms with Crippen LogP contribution in [0.25, 0.3) is 83.5 Å². The Hall–Kier alpha value is -6.09. The fourth-order valence-electron chi connectivity index (χ4n) is 7.93. The summed E-state index contributed by atoms with van der Waals surface area (Å²) in [6, 6.07) is 58.6. The van der Waals surface area contributed by atoms with Gasteiger partial charge >= 0.3 is 0 Å². The summed E-state index contributed by atoms with van der Waals surface area (Å²) in [6.45, 7) is 13.6. The van der Waals surface area contributed by atoms with Crippen molar-refractivity contribution in [3.8, 4) is 67.5 Å². The van der Waals surface area contributed by atoms with Crippen LogP contribution < -0.4 is 0 Å². The predicted molar refractivity (Wildman–Crippen MR) is 241 cm³/mol. The maximum absolute atomic E-state index is 11.0. The first-order valence-electron chi connectivity index (χ1n) is 20.0. The first-order valence-corrected chi connectivity index (χ1v) is 20.0. The van der Waals surface area contributed by atoms with E-state index in [1.165, 1.54) is 27.4 Å². The summed E-state index contributed by atoms with van der Waals surface area (Å²) >= 11 is 0. The molecule has 3 aromatic heterocycles. The van der Waals surface area contributed by atoms with Crippen LogP contribution in [0.2, 0.25) is 0 Å². The van der Waals surface area contributed by atoms with Crippen molar-refractivity contribution in [2.75, 3.05) is 0 Å². The largest absolute Gasteiger partial charge is 0.507 e. The molecule has 0 radical (unpaired) electrons. The quantitative estimate of drug-likeness (QED) is 0.169. The summed E-state index contributed by atoms with van der Waals surface area (Å²) in [5.74, 6) is 0.191. The van der Waals surface area contributed by atoms with Gasteiger partial charge in [0.25, 0.3) is 0 Å². The molecule has 9 rings (SSSR count). The standard InChI is InChI=1S/C54H46N3O.Pt/c1-53(2,3)40-29-38(30-41(34-40)54(4,5)6)39-32-47(56-48(33-39)45-21-11-13-24-51(45)58)36-16-14-17-37(28-36)52-43(22-15-27-55-52)35-25-26-50-46(31-35)44-20-10-12-23-49(44)57(50)42-18-8-7-9-19-42;/h7-27,29-34,58H,1-6H3;/q-1;. The maximum Gasteiger partial charge on any atom is 0.124 e. The molecule has 0 atom stereocenters. The molecule has 0 spiro atoms. The molecule has 1 N–H and O–H groups in total. The van der Waals surface area contributed by atoms with Gasteiger partial charge in [-0.1, -0.05) is 138 Å². The molecule has 0 unspecified atom stereocenters. The number of benzene rings is 6. The topological polar surface area (TPSA) is 50.9 Å². The molecule has 5 heteroatoms. The van der Waals surface area contributed by atoms with Gasteiger partial charge in [-0.25, -0.2) is 0 Å². The van der Waals surface area contributed by atoms with E-state index in [2.05, 4.69) is 180 Å². The number of hydrogen-bond acceptors (Lipinski definition) is 3. The van der Waals surface area contributed by atoms with Crippen LogP contribution in [-0.4, -0.2) is 19.6 Å². The van der Waals surface area contributed by atoms with E-state index in [-0.39, 0.29) is 37.6 Å². The van der Waals surface area contributed by atoms with Crippen molar-refractivity contribution in [3.05, 3.63) is 181 Å². The molecule has 59 heavy (non-hydrogen) atoms. The number of rotatable bonds is 6. The summed E-state index contributed by atoms with van der Waals surface area (Å²) in [7, 11) is 0. The van der Waals surface area contributed by atoms with Crippen molar-refractivity contribution in [2.24, 2.45) is 0 Å². The number of nitrogens with zero attached hydrogens (tertiary/aromatic N) is 3. The minimum absolute atomic E-state index is 0. The minimum atomic E-state index is -0.0433. The third kappa shape index (κ3) is 7.66. The van der Waals surface area contributed by atoms with E-state index in [4.69, 9.17) is 9.97 Å². The zero-order valence-electron chi connectivity index (χ0n) is 34.2. The van der Waals surface area contributed by atoms with Crippen LogP contribution in [0.1, 0.15) is 52.7 Å². The first kappa shape index (κ1) is 39.7. The molecule has 3 heterocycles. The van der Waals surface area contributed by atoms with E-state index in [0.717, 1.165) is 56.0 Å². The van der Waals surface area contributed by atoms with E-state index in [9.17, 15) is 5.11 Å². The number of aromatic nitrogens is 3. The fraction of sp³-hybridized carbons (Fsp3) is 0.148. The average molecular weight is 948 g/mol. The number of aromatic hydroxyl groups is 1. The average Bonchev–Trinajstić information content (AvgIpc) is 3.57. The fourth-order valence-corrected chi connectivity index (χ4v) is 7.93. The van der Waals surface area contributed by atoms with Crippen LogP contribution in [0.3, 0.4) is 0 Å². The normalized spacial score (nSPS) is 11.8. The molecule has 0 amide bonds. The second kappa shape index (κ2) is 15.6. The van der Waals surface area contributed by atoms with Crippen LogP contribution in [0.15, 0.2) is 164 Å². The molecule has 0 aliphatic carbocycles. The number of pyridine rings is 2. The van der Waals surface area contributed by atoms with Crippen LogP contribution in [-0.2, 0) is 31.9 Å². The van der Waals surface area contributed by atoms with Crippen molar-refractivity contribution in [1.29, 1.82) is 0 Å². The van der Waals surface area contributed by atoms with Gasteiger partial charge in [-0.05, 0) is 98.8 Å². The molecule has 0 bridgehead atoms. The Morgan fingerprint density at radius 2 is 1.14 bits per heavy atom. The number of fused-ring (bicyclic) bond motifs is 3. The van der Waals surface area contributed by atoms with Gasteiger partial charge in [0.2, 0.25) is 0 Å². The number of phenols is 1. The second-order valence-corrected chi connectivity index (χ2v) is 17.2. The molecule has 0 fully saturated rings. The van der Waals surface area contributed by atoms with E-state index in [1.54, 1.807) is 6.07 Å². The Balaban J connectivity index is 0.00000484. The summed E-state index contributed by atoms with van der Waals surface area (Å²) in [6.07, 6.45) is 1.85. The molecular formula is C54H46N3OPt-. The van der Waals surface area contributed by atoms with Crippen molar-refractivity contribution < 1.29 is 26.2 Å². The van der Waals surface area contributed by atoms with E-state index in [0.29, 0.717) is 11.3 Å². The van der Waals surface area contributed by atoms with Crippen molar-refractivity contribution in [3.63, 3.8) is 0 Å². The first-order chi connectivity index (χ1) is 27.9. The smallest absolute Gasteiger partial charge is 0.124 e. The van der Waals surface area contributed by atoms with Crippen LogP contribution in [0.5, 0.6) is 5.75 Å². The van der Waals surface area contributed by atoms with E-state index in [1.807, 2.05) is 30.5 Å². The Bertz CT molecular complexity index is 2950. The molecule has 6 aromatic carbocycles. The Kier molecular flexibility index (Phi) is 10.5. The summed E-state index contributed by atoms with van der Waals surface area (Å²) in [4.78, 5) is 10.2. The molecule has 0 saturated carbocycles. The van der Waals surface area contributed by atoms with Crippen molar-refractivity contribution in [1.82, 2.24) is 14.5 Å². The summed E-state index contributed by atoms with van der Waals surface area (Å²) < 4.78 is 2.34. The van der Waals surface area contributed by atoms with Gasteiger partial charge in [0.05, 0.1) is 16.7 Å². The molecule has 294 valence electrons. The van der Waals surface area contributed by atoms with Crippen molar-refractivity contribution in [2.45, 2.75) is 52.4 Å². The van der Waals surface area contributed by atoms with Crippen LogP contribution >= 0.6 is 0 Å². The predicted octanol–water partition coefficient (Wildman–Crippen LogP) is 14.0. The number of para-hydroxylation sites is 3. The molecular weight excluding hydrogens is 902 g/mol. The van der Waals surface area contributed by atoms with Gasteiger partial charge in [-0.3, -0.25) is 9.97 Å². The van der Waals surface area contributed by atoms with Gasteiger partial charge in [-0.15, -0.1) is 24.3 Å². The van der Waals surface area contributed by atoms with Gasteiger partial charge in [0.15, 0.2) is 0 Å². The molecule has 9 aromatic rings. The Labute approximate surface area is 361 Å². The Morgan fingerprint density at radius 1 is 0.508 bits per heavy atom. The zero-order valence-corrected chi connectivity index (χ0v) is 36.5. The molecule has 0 aliphatic rings.